The number of benzene rings is 2. The maximum atomic E-state index is 13.2. The van der Waals surface area contributed by atoms with Gasteiger partial charge in [0.1, 0.15) is 12.1 Å². The van der Waals surface area contributed by atoms with Gasteiger partial charge in [-0.25, -0.2) is 4.68 Å². The van der Waals surface area contributed by atoms with Gasteiger partial charge in [0.15, 0.2) is 5.16 Å². The molecule has 2 heterocycles. The number of rotatable bonds is 7. The topological polar surface area (TPSA) is 86.9 Å². The van der Waals surface area contributed by atoms with Crippen LogP contribution in [0.4, 0.5) is 18.9 Å². The van der Waals surface area contributed by atoms with E-state index in [1.165, 1.54) is 23.3 Å². The Labute approximate surface area is 190 Å². The number of aromatic nitrogens is 5. The number of anilines is 1. The highest BCUT2D eigenvalue weighted by Crippen LogP contribution is 2.33. The highest BCUT2D eigenvalue weighted by Gasteiger charge is 2.31. The molecule has 0 radical (unpaired) electrons. The van der Waals surface area contributed by atoms with Crippen LogP contribution in [0.1, 0.15) is 5.56 Å². The van der Waals surface area contributed by atoms with Crippen molar-refractivity contribution in [1.29, 1.82) is 0 Å². The number of carbonyl (C=O) groups is 1. The minimum absolute atomic E-state index is 0.00394. The minimum atomic E-state index is -4.55. The van der Waals surface area contributed by atoms with Crippen molar-refractivity contribution in [3.63, 3.8) is 0 Å². The molecule has 0 fully saturated rings. The van der Waals surface area contributed by atoms with Gasteiger partial charge in [0.25, 0.3) is 0 Å². The summed E-state index contributed by atoms with van der Waals surface area (Å²) in [5.74, 6) is 0.0930. The molecule has 4 rings (SSSR count). The van der Waals surface area contributed by atoms with E-state index in [4.69, 9.17) is 4.74 Å². The van der Waals surface area contributed by atoms with Gasteiger partial charge in [-0.2, -0.15) is 18.3 Å². The van der Waals surface area contributed by atoms with E-state index >= 15 is 0 Å². The van der Waals surface area contributed by atoms with Gasteiger partial charge in [-0.05, 0) is 48.5 Å². The summed E-state index contributed by atoms with van der Waals surface area (Å²) in [4.78, 5) is 12.6. The van der Waals surface area contributed by atoms with Crippen LogP contribution in [0.2, 0.25) is 0 Å². The molecule has 0 unspecified atom stereocenters. The highest BCUT2D eigenvalue weighted by atomic mass is 32.2. The number of carbonyl (C=O) groups excluding carboxylic acids is 1. The molecule has 0 bridgehead atoms. The second-order valence-electron chi connectivity index (χ2n) is 6.70. The molecule has 0 spiro atoms. The summed E-state index contributed by atoms with van der Waals surface area (Å²) in [5, 5.41) is 14.9. The lowest BCUT2D eigenvalue weighted by Crippen LogP contribution is -2.17. The quantitative estimate of drug-likeness (QED) is 0.404. The standard InChI is InChI=1S/C21H17F3N6O2S/c1-32-16-6-4-15(5-7-16)29-13-25-28-20(29)33-12-19(31)27-17-11-14(21(22,23)24)3-8-18(17)30-10-2-9-26-30/h2-11,13H,12H2,1H3,(H,27,31). The Balaban J connectivity index is 1.50. The van der Waals surface area contributed by atoms with Crippen LogP contribution in [-0.2, 0) is 11.0 Å². The van der Waals surface area contributed by atoms with Crippen LogP contribution in [0.15, 0.2) is 72.4 Å². The lowest BCUT2D eigenvalue weighted by Gasteiger charge is -2.14. The van der Waals surface area contributed by atoms with Crippen LogP contribution < -0.4 is 10.1 Å². The van der Waals surface area contributed by atoms with Crippen molar-refractivity contribution in [1.82, 2.24) is 24.5 Å². The van der Waals surface area contributed by atoms with Gasteiger partial charge in [0.05, 0.1) is 29.8 Å². The number of methoxy groups -OCH3 is 1. The molecule has 0 aliphatic rings. The van der Waals surface area contributed by atoms with Crippen LogP contribution in [-0.4, -0.2) is 43.3 Å². The predicted octanol–water partition coefficient (Wildman–Crippen LogP) is 4.21. The number of ether oxygens (including phenoxy) is 1. The lowest BCUT2D eigenvalue weighted by atomic mass is 10.1. The third kappa shape index (κ3) is 5.17. The van der Waals surface area contributed by atoms with Gasteiger partial charge in [-0.3, -0.25) is 9.36 Å². The summed E-state index contributed by atoms with van der Waals surface area (Å²) in [6.45, 7) is 0. The number of halogens is 3. The molecule has 8 nitrogen and oxygen atoms in total. The van der Waals surface area contributed by atoms with Crippen LogP contribution in [0.5, 0.6) is 5.75 Å². The summed E-state index contributed by atoms with van der Waals surface area (Å²) >= 11 is 1.10. The van der Waals surface area contributed by atoms with Gasteiger partial charge in [-0.15, -0.1) is 10.2 Å². The van der Waals surface area contributed by atoms with Crippen molar-refractivity contribution < 1.29 is 22.7 Å². The van der Waals surface area contributed by atoms with Gasteiger partial charge in [0, 0.05) is 18.1 Å². The molecular weight excluding hydrogens is 457 g/mol. The lowest BCUT2D eigenvalue weighted by molar-refractivity contribution is -0.137. The van der Waals surface area contributed by atoms with Gasteiger partial charge in [-0.1, -0.05) is 11.8 Å². The average molecular weight is 474 g/mol. The van der Waals surface area contributed by atoms with Gasteiger partial charge in [0.2, 0.25) is 5.91 Å². The van der Waals surface area contributed by atoms with E-state index in [9.17, 15) is 18.0 Å². The van der Waals surface area contributed by atoms with E-state index in [0.29, 0.717) is 16.6 Å². The van der Waals surface area contributed by atoms with E-state index in [-0.39, 0.29) is 11.4 Å². The van der Waals surface area contributed by atoms with Crippen LogP contribution >= 0.6 is 11.8 Å². The first kappa shape index (κ1) is 22.4. The number of hydrogen-bond donors (Lipinski definition) is 1. The fourth-order valence-corrected chi connectivity index (χ4v) is 3.71. The molecule has 1 amide bonds. The zero-order chi connectivity index (χ0) is 23.4. The largest absolute Gasteiger partial charge is 0.497 e. The Morgan fingerprint density at radius 2 is 1.97 bits per heavy atom. The fraction of sp³-hybridized carbons (Fsp3) is 0.143. The van der Waals surface area contributed by atoms with Crippen molar-refractivity contribution >= 4 is 23.4 Å². The molecule has 4 aromatic rings. The second kappa shape index (κ2) is 9.36. The van der Waals surface area contributed by atoms with Crippen molar-refractivity contribution in [2.24, 2.45) is 0 Å². The van der Waals surface area contributed by atoms with E-state index in [1.54, 1.807) is 36.1 Å². The Morgan fingerprint density at radius 3 is 2.64 bits per heavy atom. The maximum Gasteiger partial charge on any atom is 0.416 e. The first-order chi connectivity index (χ1) is 15.8. The SMILES string of the molecule is COc1ccc(-n2cnnc2SCC(=O)Nc2cc(C(F)(F)F)ccc2-n2cccn2)cc1. The molecule has 0 saturated heterocycles. The van der Waals surface area contributed by atoms with Crippen molar-refractivity contribution in [3.8, 4) is 17.1 Å². The first-order valence-corrected chi connectivity index (χ1v) is 10.5. The first-order valence-electron chi connectivity index (χ1n) is 9.53. The molecule has 170 valence electrons. The van der Waals surface area contributed by atoms with E-state index in [1.807, 2.05) is 12.1 Å². The van der Waals surface area contributed by atoms with Crippen LogP contribution in [0, 0.1) is 0 Å². The molecule has 0 saturated carbocycles. The predicted molar refractivity (Wildman–Crippen MR) is 116 cm³/mol. The summed E-state index contributed by atoms with van der Waals surface area (Å²) in [5.41, 5.74) is 0.201. The third-order valence-electron chi connectivity index (χ3n) is 4.55. The van der Waals surface area contributed by atoms with E-state index in [2.05, 4.69) is 20.6 Å². The summed E-state index contributed by atoms with van der Waals surface area (Å²) in [6, 6.07) is 11.9. The van der Waals surface area contributed by atoms with E-state index in [0.717, 1.165) is 29.6 Å². The maximum absolute atomic E-state index is 13.2. The van der Waals surface area contributed by atoms with Gasteiger partial charge < -0.3 is 10.1 Å². The van der Waals surface area contributed by atoms with E-state index < -0.39 is 17.6 Å². The van der Waals surface area contributed by atoms with Crippen LogP contribution in [0.3, 0.4) is 0 Å². The molecule has 1 N–H and O–H groups in total. The summed E-state index contributed by atoms with van der Waals surface area (Å²) in [6.07, 6.45) is 0.0196. The number of hydrogen-bond acceptors (Lipinski definition) is 6. The molecule has 0 atom stereocenters. The molecule has 0 aliphatic carbocycles. The smallest absolute Gasteiger partial charge is 0.416 e. The average Bonchev–Trinajstić information content (AvgIpc) is 3.49. The van der Waals surface area contributed by atoms with Crippen molar-refractivity contribution in [2.75, 3.05) is 18.2 Å². The Morgan fingerprint density at radius 1 is 1.18 bits per heavy atom. The zero-order valence-corrected chi connectivity index (χ0v) is 18.0. The minimum Gasteiger partial charge on any atom is -0.497 e. The van der Waals surface area contributed by atoms with Crippen molar-refractivity contribution in [2.45, 2.75) is 11.3 Å². The monoisotopic (exact) mass is 474 g/mol. The Bertz CT molecular complexity index is 1240. The fourth-order valence-electron chi connectivity index (χ4n) is 2.98. The number of nitrogens with one attached hydrogen (secondary N) is 1. The molecule has 12 heteroatoms. The molecule has 0 aliphatic heterocycles. The number of amides is 1. The Hall–Kier alpha value is -3.80. The van der Waals surface area contributed by atoms with Gasteiger partial charge >= 0.3 is 6.18 Å². The second-order valence-corrected chi connectivity index (χ2v) is 7.64. The van der Waals surface area contributed by atoms with Crippen molar-refractivity contribution in [3.05, 3.63) is 72.8 Å². The highest BCUT2D eigenvalue weighted by molar-refractivity contribution is 7.99. The zero-order valence-electron chi connectivity index (χ0n) is 17.2. The number of alkyl halides is 3. The molecule has 2 aromatic carbocycles. The van der Waals surface area contributed by atoms with Crippen LogP contribution in [0.25, 0.3) is 11.4 Å². The summed E-state index contributed by atoms with van der Waals surface area (Å²) in [7, 11) is 1.57. The normalized spacial score (nSPS) is 11.4. The molecular formula is C21H17F3N6O2S. The number of nitrogens with zero attached hydrogens (tertiary/aromatic N) is 5. The molecule has 2 aromatic heterocycles. The number of thioether (sulfide) groups is 1. The molecule has 33 heavy (non-hydrogen) atoms. The Kier molecular flexibility index (Phi) is 6.36. The summed E-state index contributed by atoms with van der Waals surface area (Å²) < 4.78 is 47.8. The third-order valence-corrected chi connectivity index (χ3v) is 5.49.